The first-order valence-corrected chi connectivity index (χ1v) is 6.70. The molecule has 0 aliphatic rings. The fourth-order valence-corrected chi connectivity index (χ4v) is 2.11. The normalized spacial score (nSPS) is 10.4. The summed E-state index contributed by atoms with van der Waals surface area (Å²) in [5.74, 6) is -0.00329. The molecule has 0 fully saturated rings. The number of ketones is 1. The minimum Gasteiger partial charge on any atom is -0.398 e. The van der Waals surface area contributed by atoms with Crippen LogP contribution in [-0.4, -0.2) is 5.78 Å². The molecule has 0 radical (unpaired) electrons. The second-order valence-corrected chi connectivity index (χ2v) is 4.72. The topological polar surface area (TPSA) is 43.1 Å². The molecule has 0 saturated carbocycles. The van der Waals surface area contributed by atoms with Gasteiger partial charge in [0.15, 0.2) is 5.78 Å². The molecule has 0 unspecified atom stereocenters. The van der Waals surface area contributed by atoms with Gasteiger partial charge in [-0.3, -0.25) is 4.79 Å². The van der Waals surface area contributed by atoms with Gasteiger partial charge < -0.3 is 5.73 Å². The van der Waals surface area contributed by atoms with E-state index >= 15 is 0 Å². The Kier molecular flexibility index (Phi) is 4.35. The van der Waals surface area contributed by atoms with Crippen molar-refractivity contribution < 1.29 is 4.79 Å². The first kappa shape index (κ1) is 13.3. The highest BCUT2D eigenvalue weighted by molar-refractivity contribution is 6.12. The first-order chi connectivity index (χ1) is 9.22. The quantitative estimate of drug-likeness (QED) is 0.650. The zero-order valence-electron chi connectivity index (χ0n) is 11.2. The molecule has 0 bridgehead atoms. The molecule has 2 aromatic carbocycles. The third-order valence-electron chi connectivity index (χ3n) is 3.21. The number of para-hydroxylation sites is 1. The minimum absolute atomic E-state index is 0.00329. The van der Waals surface area contributed by atoms with Crippen molar-refractivity contribution >= 4 is 11.5 Å². The molecular weight excluding hydrogens is 234 g/mol. The number of nitrogen functional groups attached to an aromatic ring is 1. The summed E-state index contributed by atoms with van der Waals surface area (Å²) >= 11 is 0. The third kappa shape index (κ3) is 3.22. The molecule has 0 spiro atoms. The number of benzene rings is 2. The molecule has 2 aromatic rings. The molecule has 0 aliphatic carbocycles. The summed E-state index contributed by atoms with van der Waals surface area (Å²) in [6.07, 6.45) is 3.32. The van der Waals surface area contributed by atoms with Gasteiger partial charge in [0.25, 0.3) is 0 Å². The lowest BCUT2D eigenvalue weighted by Crippen LogP contribution is -2.05. The second kappa shape index (κ2) is 6.19. The highest BCUT2D eigenvalue weighted by atomic mass is 16.1. The van der Waals surface area contributed by atoms with Crippen molar-refractivity contribution in [1.29, 1.82) is 0 Å². The average molecular weight is 253 g/mol. The third-order valence-corrected chi connectivity index (χ3v) is 3.21. The van der Waals surface area contributed by atoms with Gasteiger partial charge >= 0.3 is 0 Å². The lowest BCUT2D eigenvalue weighted by atomic mass is 9.98. The second-order valence-electron chi connectivity index (χ2n) is 4.72. The van der Waals surface area contributed by atoms with Crippen molar-refractivity contribution in [2.45, 2.75) is 26.2 Å². The average Bonchev–Trinajstić information content (AvgIpc) is 2.45. The summed E-state index contributed by atoms with van der Waals surface area (Å²) in [4.78, 5) is 12.4. The monoisotopic (exact) mass is 253 g/mol. The minimum atomic E-state index is -0.00329. The van der Waals surface area contributed by atoms with Crippen molar-refractivity contribution in [3.05, 3.63) is 65.2 Å². The number of nitrogens with two attached hydrogens (primary N) is 1. The molecule has 2 N–H and O–H groups in total. The number of carbonyl (C=O) groups excluding carboxylic acids is 1. The smallest absolute Gasteiger partial charge is 0.195 e. The predicted molar refractivity (Wildman–Crippen MR) is 79.3 cm³/mol. The molecule has 2 heteroatoms. The molecule has 0 aliphatic heterocycles. The van der Waals surface area contributed by atoms with E-state index in [0.717, 1.165) is 19.3 Å². The Balaban J connectivity index is 2.27. The van der Waals surface area contributed by atoms with Crippen molar-refractivity contribution in [2.24, 2.45) is 0 Å². The van der Waals surface area contributed by atoms with Gasteiger partial charge in [-0.15, -0.1) is 0 Å². The van der Waals surface area contributed by atoms with E-state index in [1.807, 2.05) is 30.3 Å². The van der Waals surface area contributed by atoms with Crippen LogP contribution in [0.2, 0.25) is 0 Å². The Morgan fingerprint density at radius 3 is 2.63 bits per heavy atom. The number of anilines is 1. The Labute approximate surface area is 114 Å². The van der Waals surface area contributed by atoms with Crippen LogP contribution in [0.15, 0.2) is 48.5 Å². The Morgan fingerprint density at radius 2 is 1.89 bits per heavy atom. The van der Waals surface area contributed by atoms with Crippen LogP contribution in [-0.2, 0) is 6.42 Å². The number of unbranched alkanes of at least 4 members (excludes halogenated alkanes) is 1. The van der Waals surface area contributed by atoms with E-state index in [0.29, 0.717) is 16.8 Å². The summed E-state index contributed by atoms with van der Waals surface area (Å²) in [5.41, 5.74) is 8.89. The molecule has 98 valence electrons. The largest absolute Gasteiger partial charge is 0.398 e. The summed E-state index contributed by atoms with van der Waals surface area (Å²) in [5, 5.41) is 0. The number of rotatable bonds is 5. The zero-order chi connectivity index (χ0) is 13.7. The van der Waals surface area contributed by atoms with Crippen LogP contribution in [0, 0.1) is 0 Å². The summed E-state index contributed by atoms with van der Waals surface area (Å²) in [6.45, 7) is 2.17. The van der Waals surface area contributed by atoms with Gasteiger partial charge in [0.1, 0.15) is 0 Å². The summed E-state index contributed by atoms with van der Waals surface area (Å²) in [7, 11) is 0. The lowest BCUT2D eigenvalue weighted by molar-refractivity contribution is 0.103. The van der Waals surface area contributed by atoms with E-state index in [-0.39, 0.29) is 5.78 Å². The van der Waals surface area contributed by atoms with Gasteiger partial charge in [-0.1, -0.05) is 43.7 Å². The molecular formula is C17H19NO. The Bertz CT molecular complexity index is 575. The van der Waals surface area contributed by atoms with Gasteiger partial charge in [-0.05, 0) is 36.6 Å². The van der Waals surface area contributed by atoms with E-state index in [1.54, 1.807) is 12.1 Å². The van der Waals surface area contributed by atoms with Crippen LogP contribution in [0.25, 0.3) is 0 Å². The maximum Gasteiger partial charge on any atom is 0.195 e. The fourth-order valence-electron chi connectivity index (χ4n) is 2.11. The standard InChI is InChI=1S/C17H19NO/c1-2-3-7-13-8-6-9-14(12-13)17(19)15-10-4-5-11-16(15)18/h4-6,8-12H,2-3,7,18H2,1H3. The van der Waals surface area contributed by atoms with Crippen LogP contribution < -0.4 is 5.73 Å². The van der Waals surface area contributed by atoms with E-state index in [2.05, 4.69) is 13.0 Å². The van der Waals surface area contributed by atoms with E-state index < -0.39 is 0 Å². The molecule has 0 atom stereocenters. The number of hydrogen-bond acceptors (Lipinski definition) is 2. The summed E-state index contributed by atoms with van der Waals surface area (Å²) in [6, 6.07) is 15.0. The van der Waals surface area contributed by atoms with E-state index in [9.17, 15) is 4.79 Å². The van der Waals surface area contributed by atoms with E-state index in [4.69, 9.17) is 5.73 Å². The molecule has 19 heavy (non-hydrogen) atoms. The van der Waals surface area contributed by atoms with Crippen LogP contribution in [0.3, 0.4) is 0 Å². The maximum absolute atomic E-state index is 12.4. The van der Waals surface area contributed by atoms with Crippen LogP contribution in [0.5, 0.6) is 0 Å². The molecule has 0 heterocycles. The predicted octanol–water partition coefficient (Wildman–Crippen LogP) is 3.84. The van der Waals surface area contributed by atoms with Gasteiger partial charge in [-0.2, -0.15) is 0 Å². The van der Waals surface area contributed by atoms with Crippen molar-refractivity contribution in [3.8, 4) is 0 Å². The number of hydrogen-bond donors (Lipinski definition) is 1. The molecule has 2 nitrogen and oxygen atoms in total. The maximum atomic E-state index is 12.4. The number of aryl methyl sites for hydroxylation is 1. The Hall–Kier alpha value is -2.09. The van der Waals surface area contributed by atoms with Crippen molar-refractivity contribution in [3.63, 3.8) is 0 Å². The van der Waals surface area contributed by atoms with Crippen LogP contribution in [0.1, 0.15) is 41.3 Å². The van der Waals surface area contributed by atoms with Gasteiger partial charge in [-0.25, -0.2) is 0 Å². The molecule has 0 saturated heterocycles. The van der Waals surface area contributed by atoms with E-state index in [1.165, 1.54) is 5.56 Å². The zero-order valence-corrected chi connectivity index (χ0v) is 11.2. The summed E-state index contributed by atoms with van der Waals surface area (Å²) < 4.78 is 0. The SMILES string of the molecule is CCCCc1cccc(C(=O)c2ccccc2N)c1. The van der Waals surface area contributed by atoms with Crippen LogP contribution in [0.4, 0.5) is 5.69 Å². The molecule has 2 rings (SSSR count). The van der Waals surface area contributed by atoms with Crippen molar-refractivity contribution in [1.82, 2.24) is 0 Å². The Morgan fingerprint density at radius 1 is 1.11 bits per heavy atom. The number of carbonyl (C=O) groups is 1. The lowest BCUT2D eigenvalue weighted by Gasteiger charge is -2.06. The molecule has 0 amide bonds. The van der Waals surface area contributed by atoms with Gasteiger partial charge in [0.2, 0.25) is 0 Å². The highest BCUT2D eigenvalue weighted by Gasteiger charge is 2.11. The van der Waals surface area contributed by atoms with Crippen LogP contribution >= 0.6 is 0 Å². The molecule has 0 aromatic heterocycles. The van der Waals surface area contributed by atoms with Crippen molar-refractivity contribution in [2.75, 3.05) is 5.73 Å². The van der Waals surface area contributed by atoms with Gasteiger partial charge in [0, 0.05) is 16.8 Å². The first-order valence-electron chi connectivity index (χ1n) is 6.70. The highest BCUT2D eigenvalue weighted by Crippen LogP contribution is 2.17. The van der Waals surface area contributed by atoms with Gasteiger partial charge in [0.05, 0.1) is 0 Å². The fraction of sp³-hybridized carbons (Fsp3) is 0.235.